The van der Waals surface area contributed by atoms with Crippen LogP contribution in [0.1, 0.15) is 30.0 Å². The van der Waals surface area contributed by atoms with Crippen molar-refractivity contribution in [2.75, 3.05) is 0 Å². The molecule has 0 saturated heterocycles. The smallest absolute Gasteiger partial charge is 0 e. The Bertz CT molecular complexity index is 221. The summed E-state index contributed by atoms with van der Waals surface area (Å²) in [6.45, 7) is 6.42. The second-order valence-electron chi connectivity index (χ2n) is 3.10. The first-order chi connectivity index (χ1) is 5.22. The summed E-state index contributed by atoms with van der Waals surface area (Å²) >= 11 is 0. The Morgan fingerprint density at radius 1 is 1.17 bits per heavy atom. The fourth-order valence-corrected chi connectivity index (χ4v) is 1.41. The van der Waals surface area contributed by atoms with E-state index in [-0.39, 0.29) is 21.1 Å². The van der Waals surface area contributed by atoms with Crippen LogP contribution in [0.2, 0.25) is 0 Å². The first-order valence-corrected chi connectivity index (χ1v) is 4.22. The molecule has 0 aliphatic carbocycles. The van der Waals surface area contributed by atoms with Gasteiger partial charge < -0.3 is 0 Å². The molecule has 0 aliphatic heterocycles. The van der Waals surface area contributed by atoms with Gasteiger partial charge in [-0.2, -0.15) is 34.9 Å². The van der Waals surface area contributed by atoms with Gasteiger partial charge in [-0.05, 0) is 0 Å². The molecule has 1 aromatic carbocycles. The van der Waals surface area contributed by atoms with Gasteiger partial charge in [0.15, 0.2) is 0 Å². The van der Waals surface area contributed by atoms with Crippen LogP contribution in [0, 0.1) is 19.9 Å². The van der Waals surface area contributed by atoms with Crippen LogP contribution in [0.25, 0.3) is 0 Å². The Balaban J connectivity index is 0.00000121. The van der Waals surface area contributed by atoms with Gasteiger partial charge in [0.25, 0.3) is 0 Å². The van der Waals surface area contributed by atoms with Gasteiger partial charge in [0.1, 0.15) is 0 Å². The van der Waals surface area contributed by atoms with E-state index in [0.717, 1.165) is 0 Å². The van der Waals surface area contributed by atoms with Crippen LogP contribution in [-0.2, 0) is 27.5 Å². The van der Waals surface area contributed by atoms with Crippen LogP contribution < -0.4 is 0 Å². The third-order valence-electron chi connectivity index (χ3n) is 1.74. The fraction of sp³-hybridized carbons (Fsp3) is 0.455. The molecule has 0 saturated carbocycles. The van der Waals surface area contributed by atoms with Gasteiger partial charge in [0, 0.05) is 21.1 Å². The SMILES string of the molecule is CCCc1cc(C)[c-]c(C)c1.[W]. The van der Waals surface area contributed by atoms with Crippen molar-refractivity contribution in [3.05, 3.63) is 34.9 Å². The zero-order chi connectivity index (χ0) is 8.27. The largest absolute Gasteiger partial charge is 0.177 e. The first-order valence-electron chi connectivity index (χ1n) is 4.22. The third-order valence-corrected chi connectivity index (χ3v) is 1.74. The van der Waals surface area contributed by atoms with E-state index in [0.29, 0.717) is 0 Å². The van der Waals surface area contributed by atoms with Crippen LogP contribution >= 0.6 is 0 Å². The molecule has 0 fully saturated rings. The summed E-state index contributed by atoms with van der Waals surface area (Å²) < 4.78 is 0. The molecule has 0 radical (unpaired) electrons. The maximum absolute atomic E-state index is 3.27. The van der Waals surface area contributed by atoms with Crippen molar-refractivity contribution in [2.24, 2.45) is 0 Å². The number of hydrogen-bond acceptors (Lipinski definition) is 0. The van der Waals surface area contributed by atoms with Gasteiger partial charge >= 0.3 is 0 Å². The predicted molar refractivity (Wildman–Crippen MR) is 48.7 cm³/mol. The summed E-state index contributed by atoms with van der Waals surface area (Å²) in [6.07, 6.45) is 2.42. The van der Waals surface area contributed by atoms with Gasteiger partial charge in [-0.3, -0.25) is 0 Å². The summed E-state index contributed by atoms with van der Waals surface area (Å²) in [6, 6.07) is 7.71. The van der Waals surface area contributed by atoms with E-state index in [1.807, 2.05) is 0 Å². The van der Waals surface area contributed by atoms with Crippen LogP contribution in [-0.4, -0.2) is 0 Å². The Hall–Kier alpha value is -0.0917. The van der Waals surface area contributed by atoms with Crippen LogP contribution in [0.3, 0.4) is 0 Å². The monoisotopic (exact) mass is 331 g/mol. The van der Waals surface area contributed by atoms with Crippen molar-refractivity contribution in [1.82, 2.24) is 0 Å². The van der Waals surface area contributed by atoms with Crippen molar-refractivity contribution in [2.45, 2.75) is 33.6 Å². The molecule has 0 amide bonds. The van der Waals surface area contributed by atoms with Crippen LogP contribution in [0.5, 0.6) is 0 Å². The summed E-state index contributed by atoms with van der Waals surface area (Å²) in [7, 11) is 0. The number of benzene rings is 1. The topological polar surface area (TPSA) is 0 Å². The molecule has 0 aromatic heterocycles. The molecule has 0 N–H and O–H groups in total. The molecule has 0 unspecified atom stereocenters. The normalized spacial score (nSPS) is 9.25. The molecule has 0 atom stereocenters. The zero-order valence-electron chi connectivity index (χ0n) is 7.98. The molecule has 0 heterocycles. The van der Waals surface area contributed by atoms with E-state index >= 15 is 0 Å². The molecule has 66 valence electrons. The summed E-state index contributed by atoms with van der Waals surface area (Å²) in [5, 5.41) is 0. The predicted octanol–water partition coefficient (Wildman–Crippen LogP) is 3.05. The molecule has 0 bridgehead atoms. The van der Waals surface area contributed by atoms with E-state index in [2.05, 4.69) is 39.0 Å². The molecule has 0 nitrogen and oxygen atoms in total. The Morgan fingerprint density at radius 3 is 2.08 bits per heavy atom. The van der Waals surface area contributed by atoms with Crippen molar-refractivity contribution >= 4 is 0 Å². The maximum Gasteiger partial charge on any atom is 0 e. The second-order valence-corrected chi connectivity index (χ2v) is 3.10. The number of rotatable bonds is 2. The van der Waals surface area contributed by atoms with Gasteiger partial charge in [-0.1, -0.05) is 33.6 Å². The average Bonchev–Trinajstić information content (AvgIpc) is 1.85. The minimum Gasteiger partial charge on any atom is -0.177 e. The van der Waals surface area contributed by atoms with Gasteiger partial charge in [0.05, 0.1) is 0 Å². The van der Waals surface area contributed by atoms with Gasteiger partial charge in [0.2, 0.25) is 0 Å². The quantitative estimate of drug-likeness (QED) is 0.731. The third kappa shape index (κ3) is 3.54. The Kier molecular flexibility index (Phi) is 5.49. The molecule has 12 heavy (non-hydrogen) atoms. The summed E-state index contributed by atoms with van der Waals surface area (Å²) in [5.74, 6) is 0. The van der Waals surface area contributed by atoms with Crippen LogP contribution in [0.15, 0.2) is 12.1 Å². The minimum atomic E-state index is 0. The Labute approximate surface area is 89.6 Å². The number of aryl methyl sites for hydroxylation is 3. The van der Waals surface area contributed by atoms with Crippen molar-refractivity contribution in [1.29, 1.82) is 0 Å². The molecule has 1 aromatic rings. The van der Waals surface area contributed by atoms with E-state index in [9.17, 15) is 0 Å². The molecule has 1 rings (SSSR count). The zero-order valence-corrected chi connectivity index (χ0v) is 10.9. The van der Waals surface area contributed by atoms with Gasteiger partial charge in [-0.25, -0.2) is 0 Å². The summed E-state index contributed by atoms with van der Waals surface area (Å²) in [4.78, 5) is 0. The maximum atomic E-state index is 3.27. The molecular weight excluding hydrogens is 316 g/mol. The van der Waals surface area contributed by atoms with Crippen molar-refractivity contribution < 1.29 is 21.1 Å². The fourth-order valence-electron chi connectivity index (χ4n) is 1.41. The standard InChI is InChI=1S/C11H15.W/c1-4-5-11-7-9(2)6-10(3)8-11;/h7-8H,4-5H2,1-3H3;/q-1;. The van der Waals surface area contributed by atoms with Crippen molar-refractivity contribution in [3.63, 3.8) is 0 Å². The van der Waals surface area contributed by atoms with Crippen LogP contribution in [0.4, 0.5) is 0 Å². The van der Waals surface area contributed by atoms with E-state index in [1.165, 1.54) is 29.5 Å². The first kappa shape index (κ1) is 11.9. The summed E-state index contributed by atoms with van der Waals surface area (Å²) in [5.41, 5.74) is 3.96. The molecule has 1 heteroatoms. The van der Waals surface area contributed by atoms with Gasteiger partial charge in [-0.15, -0.1) is 0 Å². The molecule has 0 aliphatic rings. The van der Waals surface area contributed by atoms with E-state index < -0.39 is 0 Å². The minimum absolute atomic E-state index is 0. The second kappa shape index (κ2) is 5.54. The number of hydrogen-bond donors (Lipinski definition) is 0. The van der Waals surface area contributed by atoms with E-state index in [1.54, 1.807) is 0 Å². The molecular formula is C11H15W-. The Morgan fingerprint density at radius 2 is 1.67 bits per heavy atom. The average molecular weight is 331 g/mol. The van der Waals surface area contributed by atoms with Crippen molar-refractivity contribution in [3.8, 4) is 0 Å². The molecule has 0 spiro atoms. The van der Waals surface area contributed by atoms with E-state index in [4.69, 9.17) is 0 Å².